The second-order valence-corrected chi connectivity index (χ2v) is 6.41. The standard InChI is InChI=1S/C17H23NO/c1-12(2)15-11-18-9-8-14(15)17(19)16(18)10-13-6-4-3-5-7-13/h3-7,12,14-16H,8-11H2,1-2H3. The molecule has 1 aromatic rings. The highest BCUT2D eigenvalue weighted by Gasteiger charge is 2.46. The number of nitrogens with zero attached hydrogens (tertiary/aromatic N) is 1. The number of fused-ring (bicyclic) bond motifs is 3. The van der Waals surface area contributed by atoms with Crippen molar-refractivity contribution in [3.05, 3.63) is 35.9 Å². The number of carbonyl (C=O) groups excluding carboxylic acids is 1. The molecule has 102 valence electrons. The fourth-order valence-corrected chi connectivity index (χ4v) is 3.81. The molecule has 0 amide bonds. The van der Waals surface area contributed by atoms with E-state index in [1.54, 1.807) is 0 Å². The first kappa shape index (κ1) is 12.9. The fraction of sp³-hybridized carbons (Fsp3) is 0.588. The van der Waals surface area contributed by atoms with Gasteiger partial charge in [-0.25, -0.2) is 0 Å². The van der Waals surface area contributed by atoms with Crippen LogP contribution in [0.4, 0.5) is 0 Å². The first-order valence-electron chi connectivity index (χ1n) is 7.48. The molecule has 3 fully saturated rings. The Balaban J connectivity index is 1.77. The van der Waals surface area contributed by atoms with Crippen LogP contribution >= 0.6 is 0 Å². The van der Waals surface area contributed by atoms with Crippen LogP contribution in [0.5, 0.6) is 0 Å². The van der Waals surface area contributed by atoms with Gasteiger partial charge >= 0.3 is 0 Å². The Morgan fingerprint density at radius 3 is 2.63 bits per heavy atom. The number of rotatable bonds is 3. The minimum atomic E-state index is 0.135. The van der Waals surface area contributed by atoms with Gasteiger partial charge in [0.2, 0.25) is 0 Å². The van der Waals surface area contributed by atoms with Crippen LogP contribution in [0, 0.1) is 17.8 Å². The lowest BCUT2D eigenvalue weighted by molar-refractivity contribution is -0.143. The van der Waals surface area contributed by atoms with E-state index in [1.807, 2.05) is 6.07 Å². The van der Waals surface area contributed by atoms with Crippen LogP contribution in [0.25, 0.3) is 0 Å². The molecule has 2 nitrogen and oxygen atoms in total. The molecule has 4 atom stereocenters. The van der Waals surface area contributed by atoms with E-state index in [0.29, 0.717) is 23.5 Å². The Morgan fingerprint density at radius 2 is 2.00 bits per heavy atom. The second kappa shape index (κ2) is 5.09. The van der Waals surface area contributed by atoms with Gasteiger partial charge in [-0.15, -0.1) is 0 Å². The van der Waals surface area contributed by atoms with Crippen molar-refractivity contribution in [1.29, 1.82) is 0 Å². The maximum Gasteiger partial charge on any atom is 0.153 e. The molecule has 0 saturated carbocycles. The van der Waals surface area contributed by atoms with Crippen molar-refractivity contribution in [3.63, 3.8) is 0 Å². The molecule has 19 heavy (non-hydrogen) atoms. The van der Waals surface area contributed by atoms with E-state index in [0.717, 1.165) is 25.9 Å². The first-order valence-corrected chi connectivity index (χ1v) is 7.48. The molecule has 0 radical (unpaired) electrons. The average Bonchev–Trinajstić information content (AvgIpc) is 2.43. The molecule has 3 aliphatic heterocycles. The van der Waals surface area contributed by atoms with Gasteiger partial charge in [0.05, 0.1) is 6.04 Å². The highest BCUT2D eigenvalue weighted by atomic mass is 16.1. The number of benzene rings is 1. The van der Waals surface area contributed by atoms with Gasteiger partial charge in [-0.05, 0) is 36.8 Å². The van der Waals surface area contributed by atoms with E-state index in [9.17, 15) is 4.79 Å². The summed E-state index contributed by atoms with van der Waals surface area (Å²) < 4.78 is 0. The maximum absolute atomic E-state index is 12.7. The summed E-state index contributed by atoms with van der Waals surface area (Å²) in [7, 11) is 0. The number of hydrogen-bond acceptors (Lipinski definition) is 2. The molecular weight excluding hydrogens is 234 g/mol. The van der Waals surface area contributed by atoms with Crippen LogP contribution < -0.4 is 0 Å². The predicted octanol–water partition coefficient (Wildman–Crippen LogP) is 2.77. The van der Waals surface area contributed by atoms with Gasteiger partial charge in [0.1, 0.15) is 0 Å². The van der Waals surface area contributed by atoms with Crippen LogP contribution in [0.3, 0.4) is 0 Å². The predicted molar refractivity (Wildman–Crippen MR) is 76.9 cm³/mol. The third kappa shape index (κ3) is 2.34. The molecule has 0 aliphatic carbocycles. The summed E-state index contributed by atoms with van der Waals surface area (Å²) in [6.07, 6.45) is 1.97. The summed E-state index contributed by atoms with van der Waals surface area (Å²) in [6, 6.07) is 10.6. The minimum absolute atomic E-state index is 0.135. The molecule has 0 aromatic heterocycles. The molecule has 0 spiro atoms. The van der Waals surface area contributed by atoms with Crippen molar-refractivity contribution in [2.75, 3.05) is 13.1 Å². The van der Waals surface area contributed by atoms with E-state index >= 15 is 0 Å². The molecule has 2 heteroatoms. The lowest BCUT2D eigenvalue weighted by atomic mass is 9.69. The quantitative estimate of drug-likeness (QED) is 0.830. The van der Waals surface area contributed by atoms with Gasteiger partial charge in [-0.2, -0.15) is 0 Å². The molecule has 0 N–H and O–H groups in total. The Hall–Kier alpha value is -1.15. The number of piperidine rings is 3. The Kier molecular flexibility index (Phi) is 3.44. The van der Waals surface area contributed by atoms with Crippen molar-refractivity contribution in [3.8, 4) is 0 Å². The zero-order valence-electron chi connectivity index (χ0n) is 11.9. The van der Waals surface area contributed by atoms with Crippen molar-refractivity contribution >= 4 is 5.78 Å². The van der Waals surface area contributed by atoms with Crippen molar-refractivity contribution < 1.29 is 4.79 Å². The van der Waals surface area contributed by atoms with E-state index in [4.69, 9.17) is 0 Å². The second-order valence-electron chi connectivity index (χ2n) is 6.41. The Labute approximate surface area is 115 Å². The van der Waals surface area contributed by atoms with Gasteiger partial charge in [0, 0.05) is 12.5 Å². The molecular formula is C17H23NO. The normalized spacial score (nSPS) is 33.9. The molecule has 1 aromatic carbocycles. The number of ketones is 1. The van der Waals surface area contributed by atoms with Gasteiger partial charge in [0.15, 0.2) is 5.78 Å². The van der Waals surface area contributed by atoms with Crippen LogP contribution in [0.15, 0.2) is 30.3 Å². The topological polar surface area (TPSA) is 20.3 Å². The van der Waals surface area contributed by atoms with Crippen LogP contribution in [0.1, 0.15) is 25.8 Å². The zero-order chi connectivity index (χ0) is 13.4. The zero-order valence-corrected chi connectivity index (χ0v) is 11.9. The smallest absolute Gasteiger partial charge is 0.153 e. The van der Waals surface area contributed by atoms with Gasteiger partial charge in [-0.3, -0.25) is 9.69 Å². The highest BCUT2D eigenvalue weighted by molar-refractivity contribution is 5.88. The summed E-state index contributed by atoms with van der Waals surface area (Å²) in [6.45, 7) is 6.74. The summed E-state index contributed by atoms with van der Waals surface area (Å²) in [4.78, 5) is 15.1. The van der Waals surface area contributed by atoms with Crippen molar-refractivity contribution in [1.82, 2.24) is 4.90 Å². The third-order valence-electron chi connectivity index (χ3n) is 4.95. The molecule has 4 unspecified atom stereocenters. The van der Waals surface area contributed by atoms with E-state index in [-0.39, 0.29) is 6.04 Å². The molecule has 4 rings (SSSR count). The Morgan fingerprint density at radius 1 is 1.26 bits per heavy atom. The lowest BCUT2D eigenvalue weighted by Gasteiger charge is -2.50. The summed E-state index contributed by atoms with van der Waals surface area (Å²) in [5.41, 5.74) is 1.29. The molecule has 3 heterocycles. The van der Waals surface area contributed by atoms with Crippen molar-refractivity contribution in [2.24, 2.45) is 17.8 Å². The molecule has 3 saturated heterocycles. The molecule has 3 aliphatic rings. The summed E-state index contributed by atoms with van der Waals surface area (Å²) in [5, 5.41) is 0. The monoisotopic (exact) mass is 257 g/mol. The SMILES string of the molecule is CC(C)C1CN2CCC1C(=O)C2Cc1ccccc1. The average molecular weight is 257 g/mol. The van der Waals surface area contributed by atoms with E-state index < -0.39 is 0 Å². The third-order valence-corrected chi connectivity index (χ3v) is 4.95. The number of carbonyl (C=O) groups is 1. The highest BCUT2D eigenvalue weighted by Crippen LogP contribution is 2.38. The maximum atomic E-state index is 12.7. The largest absolute Gasteiger partial charge is 0.298 e. The minimum Gasteiger partial charge on any atom is -0.298 e. The van der Waals surface area contributed by atoms with Crippen LogP contribution in [-0.2, 0) is 11.2 Å². The van der Waals surface area contributed by atoms with Crippen LogP contribution in [-0.4, -0.2) is 29.8 Å². The van der Waals surface area contributed by atoms with Gasteiger partial charge in [-0.1, -0.05) is 44.2 Å². The Bertz CT molecular complexity index is 454. The fourth-order valence-electron chi connectivity index (χ4n) is 3.81. The van der Waals surface area contributed by atoms with E-state index in [2.05, 4.69) is 43.0 Å². The first-order chi connectivity index (χ1) is 9.16. The number of hydrogen-bond donors (Lipinski definition) is 0. The van der Waals surface area contributed by atoms with Gasteiger partial charge in [0.25, 0.3) is 0 Å². The summed E-state index contributed by atoms with van der Waals surface area (Å²) in [5.74, 6) is 2.02. The van der Waals surface area contributed by atoms with Crippen LogP contribution in [0.2, 0.25) is 0 Å². The molecule has 2 bridgehead atoms. The van der Waals surface area contributed by atoms with Gasteiger partial charge < -0.3 is 0 Å². The number of Topliss-reactive ketones (excluding diaryl/α,β-unsaturated/α-hetero) is 1. The van der Waals surface area contributed by atoms with Crippen molar-refractivity contribution in [2.45, 2.75) is 32.7 Å². The van der Waals surface area contributed by atoms with E-state index in [1.165, 1.54) is 5.56 Å². The lowest BCUT2D eigenvalue weighted by Crippen LogP contribution is -2.61. The summed E-state index contributed by atoms with van der Waals surface area (Å²) >= 11 is 0.